The molecule has 10 nitrogen and oxygen atoms in total. The van der Waals surface area contributed by atoms with Crippen LogP contribution in [0, 0.1) is 5.82 Å². The van der Waals surface area contributed by atoms with Crippen molar-refractivity contribution in [1.29, 1.82) is 0 Å². The van der Waals surface area contributed by atoms with Gasteiger partial charge in [0.2, 0.25) is 5.82 Å². The van der Waals surface area contributed by atoms with Crippen LogP contribution in [-0.4, -0.2) is 45.4 Å². The van der Waals surface area contributed by atoms with Gasteiger partial charge in [-0.05, 0) is 29.8 Å². The van der Waals surface area contributed by atoms with Gasteiger partial charge in [0.1, 0.15) is 11.5 Å². The number of nitrogens with zero attached hydrogens (tertiary/aromatic N) is 8. The Labute approximate surface area is 210 Å². The van der Waals surface area contributed by atoms with Gasteiger partial charge in [-0.3, -0.25) is 9.67 Å². The molecule has 0 unspecified atom stereocenters. The first-order chi connectivity index (χ1) is 18.2. The van der Waals surface area contributed by atoms with E-state index in [0.29, 0.717) is 40.8 Å². The van der Waals surface area contributed by atoms with Crippen LogP contribution in [0.2, 0.25) is 0 Å². The molecule has 37 heavy (non-hydrogen) atoms. The predicted molar refractivity (Wildman–Crippen MR) is 132 cm³/mol. The molecule has 4 aromatic heterocycles. The average molecular weight is 494 g/mol. The second-order valence-electron chi connectivity index (χ2n) is 8.27. The van der Waals surface area contributed by atoms with E-state index in [2.05, 4.69) is 30.6 Å². The Balaban J connectivity index is 1.40. The summed E-state index contributed by atoms with van der Waals surface area (Å²) in [5, 5.41) is 19.5. The Morgan fingerprint density at radius 2 is 1.81 bits per heavy atom. The topological polar surface area (TPSA) is 120 Å². The number of H-pyrrole nitrogens is 1. The number of rotatable bonds is 8. The molecule has 0 aliphatic heterocycles. The molecule has 0 fully saturated rings. The largest absolute Gasteiger partial charge is 0.482 e. The van der Waals surface area contributed by atoms with E-state index < -0.39 is 0 Å². The van der Waals surface area contributed by atoms with Crippen molar-refractivity contribution in [1.82, 2.24) is 45.4 Å². The zero-order valence-corrected chi connectivity index (χ0v) is 19.5. The van der Waals surface area contributed by atoms with E-state index in [0.717, 1.165) is 16.5 Å². The van der Waals surface area contributed by atoms with Crippen LogP contribution < -0.4 is 4.74 Å². The molecule has 0 radical (unpaired) electrons. The van der Waals surface area contributed by atoms with Crippen LogP contribution in [0.4, 0.5) is 4.39 Å². The van der Waals surface area contributed by atoms with E-state index in [1.807, 2.05) is 42.5 Å². The minimum absolute atomic E-state index is 0.114. The molecule has 0 atom stereocenters. The first-order valence-electron chi connectivity index (χ1n) is 11.5. The van der Waals surface area contributed by atoms with Crippen molar-refractivity contribution in [3.05, 3.63) is 108 Å². The van der Waals surface area contributed by atoms with Gasteiger partial charge in [0, 0.05) is 29.8 Å². The quantitative estimate of drug-likeness (QED) is 0.340. The third kappa shape index (κ3) is 4.74. The second-order valence-corrected chi connectivity index (χ2v) is 8.27. The monoisotopic (exact) mass is 493 g/mol. The zero-order chi connectivity index (χ0) is 25.0. The highest BCUT2D eigenvalue weighted by atomic mass is 19.1. The molecule has 0 aliphatic rings. The lowest BCUT2D eigenvalue weighted by molar-refractivity contribution is 0.290. The molecule has 0 spiro atoms. The second kappa shape index (κ2) is 9.90. The number of aromatic amines is 1. The summed E-state index contributed by atoms with van der Waals surface area (Å²) < 4.78 is 22.1. The van der Waals surface area contributed by atoms with Crippen molar-refractivity contribution in [2.75, 3.05) is 0 Å². The van der Waals surface area contributed by atoms with Crippen LogP contribution >= 0.6 is 0 Å². The molecule has 4 heterocycles. The van der Waals surface area contributed by atoms with Crippen molar-refractivity contribution in [2.24, 2.45) is 0 Å². The summed E-state index contributed by atoms with van der Waals surface area (Å²) in [7, 11) is 0. The SMILES string of the molecule is Fc1ccccc1Cn1nc(-c2ncc(OCc3nn[nH]n3)c(Cc3ccncc3)n2)c2ccccc21. The van der Waals surface area contributed by atoms with Crippen molar-refractivity contribution in [3.8, 4) is 17.3 Å². The normalized spacial score (nSPS) is 11.2. The molecule has 0 bridgehead atoms. The molecule has 2 aromatic carbocycles. The van der Waals surface area contributed by atoms with Gasteiger partial charge >= 0.3 is 0 Å². The highest BCUT2D eigenvalue weighted by Crippen LogP contribution is 2.29. The predicted octanol–water partition coefficient (Wildman–Crippen LogP) is 3.76. The van der Waals surface area contributed by atoms with Gasteiger partial charge < -0.3 is 4.74 Å². The lowest BCUT2D eigenvalue weighted by Crippen LogP contribution is -2.06. The van der Waals surface area contributed by atoms with E-state index in [1.54, 1.807) is 35.4 Å². The average Bonchev–Trinajstić information content (AvgIpc) is 3.58. The number of hydrogen-bond donors (Lipinski definition) is 1. The summed E-state index contributed by atoms with van der Waals surface area (Å²) in [5.41, 5.74) is 3.70. The number of hydrogen-bond acceptors (Lipinski definition) is 8. The summed E-state index contributed by atoms with van der Waals surface area (Å²) in [6, 6.07) is 18.3. The first kappa shape index (κ1) is 22.4. The summed E-state index contributed by atoms with van der Waals surface area (Å²) in [6.07, 6.45) is 5.58. The van der Waals surface area contributed by atoms with Crippen LogP contribution in [0.1, 0.15) is 22.6 Å². The van der Waals surface area contributed by atoms with Crippen LogP contribution in [0.5, 0.6) is 5.75 Å². The lowest BCUT2D eigenvalue weighted by atomic mass is 10.1. The number of fused-ring (bicyclic) bond motifs is 1. The fourth-order valence-electron chi connectivity index (χ4n) is 4.05. The Morgan fingerprint density at radius 1 is 0.973 bits per heavy atom. The summed E-state index contributed by atoms with van der Waals surface area (Å²) in [5.74, 6) is 1.08. The Bertz CT molecular complexity index is 1650. The van der Waals surface area contributed by atoms with Crippen LogP contribution in [-0.2, 0) is 19.6 Å². The zero-order valence-electron chi connectivity index (χ0n) is 19.5. The molecular weight excluding hydrogens is 473 g/mol. The molecule has 0 saturated carbocycles. The molecule has 11 heteroatoms. The molecule has 0 aliphatic carbocycles. The number of benzene rings is 2. The van der Waals surface area contributed by atoms with Gasteiger partial charge in [0.25, 0.3) is 0 Å². The van der Waals surface area contributed by atoms with Crippen molar-refractivity contribution in [3.63, 3.8) is 0 Å². The number of nitrogens with one attached hydrogen (secondary N) is 1. The van der Waals surface area contributed by atoms with E-state index in [-0.39, 0.29) is 19.0 Å². The molecule has 6 aromatic rings. The first-order valence-corrected chi connectivity index (χ1v) is 11.5. The third-order valence-electron chi connectivity index (χ3n) is 5.84. The van der Waals surface area contributed by atoms with Gasteiger partial charge in [-0.15, -0.1) is 10.2 Å². The Hall–Kier alpha value is -5.06. The minimum atomic E-state index is -0.275. The van der Waals surface area contributed by atoms with E-state index >= 15 is 0 Å². The Kier molecular flexibility index (Phi) is 5.99. The standard InChI is InChI=1S/C26H20FN9O/c27-20-7-3-1-5-18(20)15-36-22-8-4-2-6-19(22)25(33-36)26-29-14-23(37-16-24-31-34-35-32-24)21(30-26)13-17-9-11-28-12-10-17/h1-12,14H,13,15-16H2,(H,31,32,34,35). The highest BCUT2D eigenvalue weighted by molar-refractivity contribution is 5.91. The Morgan fingerprint density at radius 3 is 2.65 bits per heavy atom. The molecule has 182 valence electrons. The summed E-state index contributed by atoms with van der Waals surface area (Å²) >= 11 is 0. The number of para-hydroxylation sites is 1. The van der Waals surface area contributed by atoms with Crippen molar-refractivity contribution >= 4 is 10.9 Å². The fraction of sp³-hybridized carbons (Fsp3) is 0.115. The van der Waals surface area contributed by atoms with Crippen molar-refractivity contribution < 1.29 is 9.13 Å². The maximum atomic E-state index is 14.4. The minimum Gasteiger partial charge on any atom is -0.482 e. The third-order valence-corrected chi connectivity index (χ3v) is 5.84. The van der Waals surface area contributed by atoms with Gasteiger partial charge in [0.15, 0.2) is 18.2 Å². The fourth-order valence-corrected chi connectivity index (χ4v) is 4.05. The highest BCUT2D eigenvalue weighted by Gasteiger charge is 2.18. The number of halogens is 1. The number of ether oxygens (including phenoxy) is 1. The number of aromatic nitrogens is 9. The van der Waals surface area contributed by atoms with Gasteiger partial charge in [-0.1, -0.05) is 41.6 Å². The van der Waals surface area contributed by atoms with Gasteiger partial charge in [-0.2, -0.15) is 10.3 Å². The summed E-state index contributed by atoms with van der Waals surface area (Å²) in [6.45, 7) is 0.395. The maximum absolute atomic E-state index is 14.4. The van der Waals surface area contributed by atoms with Crippen LogP contribution in [0.3, 0.4) is 0 Å². The number of tetrazole rings is 1. The lowest BCUT2D eigenvalue weighted by Gasteiger charge is -2.10. The van der Waals surface area contributed by atoms with E-state index in [4.69, 9.17) is 14.8 Å². The smallest absolute Gasteiger partial charge is 0.211 e. The maximum Gasteiger partial charge on any atom is 0.211 e. The molecular formula is C26H20FN9O. The van der Waals surface area contributed by atoms with Crippen LogP contribution in [0.25, 0.3) is 22.4 Å². The molecule has 1 N–H and O–H groups in total. The molecule has 0 amide bonds. The van der Waals surface area contributed by atoms with Gasteiger partial charge in [-0.25, -0.2) is 14.4 Å². The van der Waals surface area contributed by atoms with E-state index in [9.17, 15) is 4.39 Å². The molecule has 0 saturated heterocycles. The van der Waals surface area contributed by atoms with Gasteiger partial charge in [0.05, 0.1) is 24.0 Å². The van der Waals surface area contributed by atoms with Crippen molar-refractivity contribution in [2.45, 2.75) is 19.6 Å². The number of pyridine rings is 1. The summed E-state index contributed by atoms with van der Waals surface area (Å²) in [4.78, 5) is 13.5. The van der Waals surface area contributed by atoms with E-state index in [1.165, 1.54) is 6.07 Å². The molecule has 6 rings (SSSR count). The van der Waals surface area contributed by atoms with Crippen LogP contribution in [0.15, 0.2) is 79.3 Å².